The Morgan fingerprint density at radius 2 is 2.40 bits per heavy atom. The van der Waals surface area contributed by atoms with Crippen molar-refractivity contribution in [3.8, 4) is 0 Å². The lowest BCUT2D eigenvalue weighted by Gasteiger charge is -2.21. The van der Waals surface area contributed by atoms with E-state index in [2.05, 4.69) is 10.6 Å². The Bertz CT molecular complexity index is 161. The minimum atomic E-state index is -1.16. The van der Waals surface area contributed by atoms with Gasteiger partial charge < -0.3 is 15.2 Å². The van der Waals surface area contributed by atoms with Gasteiger partial charge >= 0.3 is 0 Å². The zero-order valence-corrected chi connectivity index (χ0v) is 5.84. The maximum Gasteiger partial charge on any atom is 0.267 e. The lowest BCUT2D eigenvalue weighted by atomic mass is 10.5. The third-order valence-corrected chi connectivity index (χ3v) is 1.43. The average molecular weight is 146 g/mol. The van der Waals surface area contributed by atoms with Crippen LogP contribution in [-0.4, -0.2) is 30.2 Å². The standard InChI is InChI=1S/C5H10N2O3/c1-5(10-2)6-3(8)4(9)7-5/h3,6,8H,1-2H3,(H,7,9). The molecule has 2 unspecified atom stereocenters. The molecule has 3 N–H and O–H groups in total. The number of methoxy groups -OCH3 is 1. The summed E-state index contributed by atoms with van der Waals surface area (Å²) in [5.41, 5.74) is 0. The van der Waals surface area contributed by atoms with Crippen LogP contribution in [0.3, 0.4) is 0 Å². The predicted molar refractivity (Wildman–Crippen MR) is 32.7 cm³/mol. The zero-order valence-electron chi connectivity index (χ0n) is 5.84. The second kappa shape index (κ2) is 2.19. The van der Waals surface area contributed by atoms with Crippen LogP contribution in [0.1, 0.15) is 6.92 Å². The number of aliphatic hydroxyl groups excluding tert-OH is 1. The molecule has 0 aromatic carbocycles. The molecule has 0 aliphatic carbocycles. The molecule has 58 valence electrons. The highest BCUT2D eigenvalue weighted by Gasteiger charge is 2.38. The van der Waals surface area contributed by atoms with Crippen LogP contribution in [0, 0.1) is 0 Å². The quantitative estimate of drug-likeness (QED) is 0.414. The number of ether oxygens (including phenoxy) is 1. The molecule has 1 heterocycles. The number of carbonyl (C=O) groups excluding carboxylic acids is 1. The topological polar surface area (TPSA) is 70.6 Å². The Morgan fingerprint density at radius 3 is 2.60 bits per heavy atom. The number of aliphatic hydroxyl groups is 1. The zero-order chi connectivity index (χ0) is 7.78. The van der Waals surface area contributed by atoms with Crippen LogP contribution < -0.4 is 10.6 Å². The molecule has 1 aliphatic heterocycles. The first kappa shape index (κ1) is 7.46. The SMILES string of the molecule is COC1(C)NC(=O)C(O)N1. The highest BCUT2D eigenvalue weighted by Crippen LogP contribution is 2.07. The van der Waals surface area contributed by atoms with Crippen LogP contribution in [0.5, 0.6) is 0 Å². The average Bonchev–Trinajstić information content (AvgIpc) is 2.10. The Labute approximate surface area is 58.4 Å². The van der Waals surface area contributed by atoms with Gasteiger partial charge in [0.05, 0.1) is 0 Å². The van der Waals surface area contributed by atoms with E-state index >= 15 is 0 Å². The highest BCUT2D eigenvalue weighted by atomic mass is 16.5. The predicted octanol–water partition coefficient (Wildman–Crippen LogP) is -1.66. The van der Waals surface area contributed by atoms with Crippen LogP contribution in [0.25, 0.3) is 0 Å². The fourth-order valence-electron chi connectivity index (χ4n) is 0.776. The van der Waals surface area contributed by atoms with Gasteiger partial charge in [-0.3, -0.25) is 4.79 Å². The first-order valence-corrected chi connectivity index (χ1v) is 2.90. The third-order valence-electron chi connectivity index (χ3n) is 1.43. The van der Waals surface area contributed by atoms with E-state index in [4.69, 9.17) is 9.84 Å². The summed E-state index contributed by atoms with van der Waals surface area (Å²) >= 11 is 0. The smallest absolute Gasteiger partial charge is 0.267 e. The molecular formula is C5H10N2O3. The lowest BCUT2D eigenvalue weighted by molar-refractivity contribution is -0.127. The molecule has 1 aliphatic rings. The molecule has 0 radical (unpaired) electrons. The summed E-state index contributed by atoms with van der Waals surface area (Å²) in [7, 11) is 1.44. The van der Waals surface area contributed by atoms with Crippen molar-refractivity contribution in [1.29, 1.82) is 0 Å². The minimum absolute atomic E-state index is 0.468. The molecule has 1 fully saturated rings. The second-order valence-corrected chi connectivity index (χ2v) is 2.27. The summed E-state index contributed by atoms with van der Waals surface area (Å²) in [6, 6.07) is 0. The van der Waals surface area contributed by atoms with E-state index in [0.29, 0.717) is 0 Å². The number of rotatable bonds is 1. The highest BCUT2D eigenvalue weighted by molar-refractivity contribution is 5.82. The van der Waals surface area contributed by atoms with Gasteiger partial charge in [0.2, 0.25) is 0 Å². The number of hydrogen-bond donors (Lipinski definition) is 3. The van der Waals surface area contributed by atoms with Gasteiger partial charge in [-0.2, -0.15) is 0 Å². The van der Waals surface area contributed by atoms with Gasteiger partial charge in [-0.25, -0.2) is 5.32 Å². The Balaban J connectivity index is 2.64. The van der Waals surface area contributed by atoms with E-state index in [0.717, 1.165) is 0 Å². The summed E-state index contributed by atoms with van der Waals surface area (Å²) in [5, 5.41) is 13.8. The monoisotopic (exact) mass is 146 g/mol. The van der Waals surface area contributed by atoms with Crippen LogP contribution in [0.4, 0.5) is 0 Å². The van der Waals surface area contributed by atoms with Crippen molar-refractivity contribution in [2.75, 3.05) is 7.11 Å². The van der Waals surface area contributed by atoms with Gasteiger partial charge in [0.15, 0.2) is 12.1 Å². The van der Waals surface area contributed by atoms with E-state index in [1.54, 1.807) is 6.92 Å². The number of carbonyl (C=O) groups is 1. The first-order valence-electron chi connectivity index (χ1n) is 2.90. The van der Waals surface area contributed by atoms with Crippen molar-refractivity contribution >= 4 is 5.91 Å². The van der Waals surface area contributed by atoms with Gasteiger partial charge in [0, 0.05) is 7.11 Å². The minimum Gasteiger partial charge on any atom is -0.370 e. The van der Waals surface area contributed by atoms with Crippen molar-refractivity contribution in [3.05, 3.63) is 0 Å². The Kier molecular flexibility index (Phi) is 1.63. The van der Waals surface area contributed by atoms with Crippen LogP contribution in [-0.2, 0) is 9.53 Å². The summed E-state index contributed by atoms with van der Waals surface area (Å²) in [6.45, 7) is 1.61. The second-order valence-electron chi connectivity index (χ2n) is 2.27. The number of hydrogen-bond acceptors (Lipinski definition) is 4. The fraction of sp³-hybridized carbons (Fsp3) is 0.800. The van der Waals surface area contributed by atoms with E-state index in [-0.39, 0.29) is 0 Å². The van der Waals surface area contributed by atoms with Crippen molar-refractivity contribution in [3.63, 3.8) is 0 Å². The third kappa shape index (κ3) is 1.11. The van der Waals surface area contributed by atoms with Crippen molar-refractivity contribution in [2.24, 2.45) is 0 Å². The molecule has 0 aromatic heterocycles. The van der Waals surface area contributed by atoms with E-state index in [1.807, 2.05) is 0 Å². The van der Waals surface area contributed by atoms with Crippen molar-refractivity contribution in [2.45, 2.75) is 19.0 Å². The van der Waals surface area contributed by atoms with Gasteiger partial charge in [-0.15, -0.1) is 0 Å². The van der Waals surface area contributed by atoms with Crippen LogP contribution in [0.15, 0.2) is 0 Å². The molecule has 0 saturated carbocycles. The molecule has 0 spiro atoms. The molecular weight excluding hydrogens is 136 g/mol. The van der Waals surface area contributed by atoms with Gasteiger partial charge in [-0.05, 0) is 6.92 Å². The molecule has 5 heteroatoms. The maximum absolute atomic E-state index is 10.6. The summed E-state index contributed by atoms with van der Waals surface area (Å²) in [4.78, 5) is 10.6. The summed E-state index contributed by atoms with van der Waals surface area (Å²) < 4.78 is 4.84. The Hall–Kier alpha value is -0.650. The maximum atomic E-state index is 10.6. The molecule has 1 amide bonds. The summed E-state index contributed by atoms with van der Waals surface area (Å²) in [5.74, 6) is -1.39. The lowest BCUT2D eigenvalue weighted by Crippen LogP contribution is -2.49. The summed E-state index contributed by atoms with van der Waals surface area (Å²) in [6.07, 6.45) is -1.16. The van der Waals surface area contributed by atoms with E-state index in [9.17, 15) is 4.79 Å². The van der Waals surface area contributed by atoms with Crippen molar-refractivity contribution in [1.82, 2.24) is 10.6 Å². The molecule has 1 rings (SSSR count). The molecule has 0 aromatic rings. The first-order chi connectivity index (χ1) is 4.57. The largest absolute Gasteiger partial charge is 0.370 e. The van der Waals surface area contributed by atoms with Crippen LogP contribution in [0.2, 0.25) is 0 Å². The van der Waals surface area contributed by atoms with Gasteiger partial charge in [-0.1, -0.05) is 0 Å². The molecule has 0 bridgehead atoms. The van der Waals surface area contributed by atoms with E-state index in [1.165, 1.54) is 7.11 Å². The van der Waals surface area contributed by atoms with Gasteiger partial charge in [0.1, 0.15) is 0 Å². The van der Waals surface area contributed by atoms with Gasteiger partial charge in [0.25, 0.3) is 5.91 Å². The van der Waals surface area contributed by atoms with Crippen LogP contribution >= 0.6 is 0 Å². The van der Waals surface area contributed by atoms with Crippen molar-refractivity contribution < 1.29 is 14.6 Å². The molecule has 5 nitrogen and oxygen atoms in total. The number of amides is 1. The Morgan fingerprint density at radius 1 is 1.80 bits per heavy atom. The number of nitrogens with one attached hydrogen (secondary N) is 2. The molecule has 1 saturated heterocycles. The molecule has 10 heavy (non-hydrogen) atoms. The van der Waals surface area contributed by atoms with E-state index < -0.39 is 18.0 Å². The molecule has 2 atom stereocenters. The fourth-order valence-corrected chi connectivity index (χ4v) is 0.776. The normalized spacial score (nSPS) is 39.9.